The molecule has 1 N–H and O–H groups in total. The Morgan fingerprint density at radius 3 is 2.44 bits per heavy atom. The smallest absolute Gasteiger partial charge is 0.241 e. The van der Waals surface area contributed by atoms with E-state index in [2.05, 4.69) is 5.32 Å². The number of halogens is 2. The van der Waals surface area contributed by atoms with Crippen LogP contribution in [0.2, 0.25) is 0 Å². The second kappa shape index (κ2) is 10.5. The Bertz CT molecular complexity index is 1060. The van der Waals surface area contributed by atoms with Gasteiger partial charge < -0.3 is 9.80 Å². The monoisotopic (exact) mass is 469 g/mol. The Balaban J connectivity index is 1.95. The van der Waals surface area contributed by atoms with E-state index in [-0.39, 0.29) is 30.5 Å². The highest BCUT2D eigenvalue weighted by atomic mass is 19.1. The van der Waals surface area contributed by atoms with Crippen molar-refractivity contribution in [3.8, 4) is 0 Å². The maximum atomic E-state index is 14.6. The molecule has 7 heteroatoms. The second-order valence-corrected chi connectivity index (χ2v) is 9.73. The molecule has 3 rings (SSSR count). The molecule has 0 bridgehead atoms. The van der Waals surface area contributed by atoms with Crippen molar-refractivity contribution in [3.63, 3.8) is 0 Å². The van der Waals surface area contributed by atoms with Crippen molar-refractivity contribution >= 4 is 17.4 Å². The summed E-state index contributed by atoms with van der Waals surface area (Å²) >= 11 is 0. The van der Waals surface area contributed by atoms with Crippen LogP contribution in [0, 0.1) is 17.0 Å². The molecule has 2 aromatic carbocycles. The molecule has 1 aliphatic heterocycles. The zero-order chi connectivity index (χ0) is 25.0. The van der Waals surface area contributed by atoms with Gasteiger partial charge in [-0.3, -0.25) is 14.9 Å². The van der Waals surface area contributed by atoms with E-state index in [4.69, 9.17) is 0 Å². The van der Waals surface area contributed by atoms with Crippen molar-refractivity contribution in [2.24, 2.45) is 5.41 Å². The molecule has 34 heavy (non-hydrogen) atoms. The third-order valence-corrected chi connectivity index (χ3v) is 6.20. The van der Waals surface area contributed by atoms with Crippen molar-refractivity contribution < 1.29 is 18.4 Å². The van der Waals surface area contributed by atoms with Gasteiger partial charge in [0.2, 0.25) is 11.8 Å². The first-order valence-electron chi connectivity index (χ1n) is 11.5. The van der Waals surface area contributed by atoms with E-state index in [0.717, 1.165) is 23.8 Å². The van der Waals surface area contributed by atoms with Crippen LogP contribution in [0.1, 0.15) is 44.9 Å². The maximum Gasteiger partial charge on any atom is 0.241 e. The van der Waals surface area contributed by atoms with Crippen molar-refractivity contribution in [1.29, 1.82) is 0 Å². The molecular formula is C27H33F2N3O2. The van der Waals surface area contributed by atoms with Gasteiger partial charge in [-0.15, -0.1) is 0 Å². The lowest BCUT2D eigenvalue weighted by Gasteiger charge is -2.36. The number of hydrogen-bond donors (Lipinski definition) is 1. The Kier molecular flexibility index (Phi) is 7.87. The number of hydrogen-bond acceptors (Lipinski definition) is 3. The van der Waals surface area contributed by atoms with Gasteiger partial charge in [-0.2, -0.15) is 0 Å². The summed E-state index contributed by atoms with van der Waals surface area (Å²) in [6, 6.07) is 11.7. The molecule has 0 saturated heterocycles. The number of carbonyl (C=O) groups excluding carboxylic acids is 2. The number of amides is 2. The molecule has 1 aliphatic rings. The van der Waals surface area contributed by atoms with Crippen LogP contribution in [0.4, 0.5) is 8.78 Å². The third-order valence-electron chi connectivity index (χ3n) is 6.20. The van der Waals surface area contributed by atoms with Gasteiger partial charge in [-0.05, 0) is 41.7 Å². The van der Waals surface area contributed by atoms with E-state index < -0.39 is 29.1 Å². The quantitative estimate of drug-likeness (QED) is 0.654. The van der Waals surface area contributed by atoms with Gasteiger partial charge in [-0.25, -0.2) is 8.78 Å². The molecule has 5 nitrogen and oxygen atoms in total. The summed E-state index contributed by atoms with van der Waals surface area (Å²) < 4.78 is 28.5. The highest BCUT2D eigenvalue weighted by Gasteiger charge is 2.40. The van der Waals surface area contributed by atoms with Crippen LogP contribution < -0.4 is 5.32 Å². The zero-order valence-corrected chi connectivity index (χ0v) is 20.4. The first kappa shape index (κ1) is 25.6. The van der Waals surface area contributed by atoms with Crippen molar-refractivity contribution in [2.75, 3.05) is 26.7 Å². The van der Waals surface area contributed by atoms with Crippen LogP contribution >= 0.6 is 0 Å². The van der Waals surface area contributed by atoms with Crippen LogP contribution in [-0.2, 0) is 9.59 Å². The minimum Gasteiger partial charge on any atom is -0.345 e. The van der Waals surface area contributed by atoms with Crippen molar-refractivity contribution in [1.82, 2.24) is 15.1 Å². The second-order valence-electron chi connectivity index (χ2n) is 9.73. The number of nitrogens with one attached hydrogen (secondary N) is 1. The van der Waals surface area contributed by atoms with E-state index >= 15 is 0 Å². The number of likely N-dealkylation sites (N-methyl/N-ethyl adjacent to an activating group) is 1. The molecule has 0 aromatic heterocycles. The fourth-order valence-corrected chi connectivity index (χ4v) is 4.11. The summed E-state index contributed by atoms with van der Waals surface area (Å²) in [4.78, 5) is 29.5. The molecule has 182 valence electrons. The molecule has 0 saturated carbocycles. The van der Waals surface area contributed by atoms with Crippen molar-refractivity contribution in [3.05, 3.63) is 77.4 Å². The number of rotatable bonds is 7. The average Bonchev–Trinajstić information content (AvgIpc) is 3.25. The number of nitrogens with zero attached hydrogens (tertiary/aromatic N) is 2. The van der Waals surface area contributed by atoms with Crippen LogP contribution in [0.5, 0.6) is 0 Å². The van der Waals surface area contributed by atoms with Crippen LogP contribution in [-0.4, -0.2) is 54.3 Å². The van der Waals surface area contributed by atoms with E-state index in [0.29, 0.717) is 12.1 Å². The normalized spacial score (nSPS) is 16.9. The lowest BCUT2D eigenvalue weighted by atomic mass is 9.85. The number of benzene rings is 2. The molecule has 2 amide bonds. The Morgan fingerprint density at radius 1 is 1.15 bits per heavy atom. The maximum absolute atomic E-state index is 14.6. The van der Waals surface area contributed by atoms with Crippen molar-refractivity contribution in [2.45, 2.75) is 39.8 Å². The lowest BCUT2D eigenvalue weighted by molar-refractivity contribution is -0.137. The molecule has 1 heterocycles. The summed E-state index contributed by atoms with van der Waals surface area (Å²) in [5.41, 5.74) is 1.08. The Labute approximate surface area is 200 Å². The number of carbonyl (C=O) groups is 2. The van der Waals surface area contributed by atoms with Gasteiger partial charge in [-0.1, -0.05) is 57.2 Å². The molecular weight excluding hydrogens is 436 g/mol. The zero-order valence-electron chi connectivity index (χ0n) is 20.4. The van der Waals surface area contributed by atoms with E-state index in [1.54, 1.807) is 16.8 Å². The molecule has 2 atom stereocenters. The van der Waals surface area contributed by atoms with E-state index in [1.165, 1.54) is 0 Å². The third kappa shape index (κ3) is 5.70. The molecule has 0 radical (unpaired) electrons. The fourth-order valence-electron chi connectivity index (χ4n) is 4.11. The molecule has 0 unspecified atom stereocenters. The minimum atomic E-state index is -0.655. The predicted molar refractivity (Wildman–Crippen MR) is 130 cm³/mol. The highest BCUT2D eigenvalue weighted by Crippen LogP contribution is 2.37. The predicted octanol–water partition coefficient (Wildman–Crippen LogP) is 4.41. The average molecular weight is 470 g/mol. The Morgan fingerprint density at radius 2 is 1.82 bits per heavy atom. The summed E-state index contributed by atoms with van der Waals surface area (Å²) in [7, 11) is 1.72. The van der Waals surface area contributed by atoms with E-state index in [9.17, 15) is 18.4 Å². The Hall–Kier alpha value is -3.06. The van der Waals surface area contributed by atoms with E-state index in [1.807, 2.05) is 64.1 Å². The van der Waals surface area contributed by atoms with Crippen LogP contribution in [0.15, 0.2) is 54.6 Å². The molecule has 0 spiro atoms. The highest BCUT2D eigenvalue weighted by molar-refractivity contribution is 5.88. The van der Waals surface area contributed by atoms with Gasteiger partial charge in [0.25, 0.3) is 0 Å². The summed E-state index contributed by atoms with van der Waals surface area (Å²) in [5, 5.41) is 3.16. The first-order chi connectivity index (χ1) is 16.0. The fraction of sp³-hybridized carbons (Fsp3) is 0.407. The summed E-state index contributed by atoms with van der Waals surface area (Å²) in [5.74, 6) is -1.37. The topological polar surface area (TPSA) is 52.7 Å². The first-order valence-corrected chi connectivity index (χ1v) is 11.5. The van der Waals surface area contributed by atoms with Gasteiger partial charge >= 0.3 is 0 Å². The standard InChI is InChI=1S/C27H33F2N3O2/c1-6-31(5)24(33)16-30-25(27(2,3)4)26(34)32-17-19(21-15-20(28)12-13-22(21)29)14-23(32)18-10-8-7-9-11-18/h7-15,23,25,30H,6,16-17H2,1-5H3/t23-,25+/m0/s1. The molecule has 0 fully saturated rings. The van der Waals surface area contributed by atoms with Crippen LogP contribution in [0.3, 0.4) is 0 Å². The molecule has 0 aliphatic carbocycles. The van der Waals surface area contributed by atoms with Gasteiger partial charge in [0.1, 0.15) is 11.6 Å². The summed E-state index contributed by atoms with van der Waals surface area (Å²) in [6.45, 7) is 8.43. The SMILES string of the molecule is CCN(C)C(=O)CN[C@H](C(=O)N1CC(c2cc(F)ccc2F)=C[C@H]1c1ccccc1)C(C)(C)C. The van der Waals surface area contributed by atoms with Gasteiger partial charge in [0, 0.05) is 25.7 Å². The van der Waals surface area contributed by atoms with Crippen LogP contribution in [0.25, 0.3) is 5.57 Å². The lowest BCUT2D eigenvalue weighted by Crippen LogP contribution is -2.55. The summed E-state index contributed by atoms with van der Waals surface area (Å²) in [6.07, 6.45) is 1.82. The minimum absolute atomic E-state index is 0.0284. The largest absolute Gasteiger partial charge is 0.345 e. The van der Waals surface area contributed by atoms with Gasteiger partial charge in [0.15, 0.2) is 0 Å². The van der Waals surface area contributed by atoms with Gasteiger partial charge in [0.05, 0.1) is 18.6 Å². The molecule has 2 aromatic rings.